The van der Waals surface area contributed by atoms with E-state index in [0.29, 0.717) is 0 Å². The van der Waals surface area contributed by atoms with Crippen molar-refractivity contribution in [2.45, 2.75) is 31.9 Å². The van der Waals surface area contributed by atoms with Crippen LogP contribution in [0.1, 0.15) is 31.0 Å². The highest BCUT2D eigenvalue weighted by Gasteiger charge is 2.34. The molecule has 0 radical (unpaired) electrons. The van der Waals surface area contributed by atoms with E-state index in [1.807, 2.05) is 32.0 Å². The Morgan fingerprint density at radius 2 is 2.06 bits per heavy atom. The molecule has 1 unspecified atom stereocenters. The number of esters is 1. The van der Waals surface area contributed by atoms with Crippen molar-refractivity contribution >= 4 is 5.97 Å². The molecule has 0 amide bonds. The Morgan fingerprint density at radius 3 is 2.75 bits per heavy atom. The minimum atomic E-state index is -0.432. The van der Waals surface area contributed by atoms with E-state index in [1.54, 1.807) is 7.05 Å². The summed E-state index contributed by atoms with van der Waals surface area (Å²) in [5, 5.41) is 3.01. The SMILES string of the molecule is CNC1C(=O)OC(C)(C)Cc2ccccc21. The van der Waals surface area contributed by atoms with Crippen molar-refractivity contribution in [1.82, 2.24) is 5.32 Å². The molecule has 0 aliphatic carbocycles. The lowest BCUT2D eigenvalue weighted by Gasteiger charge is -2.23. The molecule has 1 atom stereocenters. The van der Waals surface area contributed by atoms with Crippen LogP contribution in [0.15, 0.2) is 24.3 Å². The predicted octanol–water partition coefficient (Wildman–Crippen LogP) is 1.82. The quantitative estimate of drug-likeness (QED) is 0.732. The molecular formula is C13H17NO2. The number of ether oxygens (including phenoxy) is 1. The molecule has 1 aliphatic rings. The molecule has 0 spiro atoms. The first-order valence-corrected chi connectivity index (χ1v) is 5.51. The van der Waals surface area contributed by atoms with Crippen LogP contribution in [0, 0.1) is 0 Å². The van der Waals surface area contributed by atoms with Crippen LogP contribution >= 0.6 is 0 Å². The maximum atomic E-state index is 11.9. The Labute approximate surface area is 95.8 Å². The monoisotopic (exact) mass is 219 g/mol. The highest BCUT2D eigenvalue weighted by atomic mass is 16.6. The fourth-order valence-corrected chi connectivity index (χ4v) is 2.20. The van der Waals surface area contributed by atoms with Gasteiger partial charge in [0.2, 0.25) is 0 Å². The molecule has 1 aromatic carbocycles. The third kappa shape index (κ3) is 1.95. The van der Waals surface area contributed by atoms with Crippen molar-refractivity contribution in [3.63, 3.8) is 0 Å². The molecule has 3 heteroatoms. The molecule has 0 fully saturated rings. The van der Waals surface area contributed by atoms with Gasteiger partial charge in [-0.25, -0.2) is 4.79 Å². The van der Waals surface area contributed by atoms with Crippen molar-refractivity contribution in [3.05, 3.63) is 35.4 Å². The van der Waals surface area contributed by atoms with Crippen molar-refractivity contribution in [2.75, 3.05) is 7.05 Å². The number of fused-ring (bicyclic) bond motifs is 1. The smallest absolute Gasteiger partial charge is 0.328 e. The summed E-state index contributed by atoms with van der Waals surface area (Å²) in [4.78, 5) is 11.9. The second-order valence-electron chi connectivity index (χ2n) is 4.78. The third-order valence-corrected chi connectivity index (χ3v) is 2.88. The first-order chi connectivity index (χ1) is 7.53. The zero-order chi connectivity index (χ0) is 11.8. The van der Waals surface area contributed by atoms with E-state index in [4.69, 9.17) is 4.74 Å². The molecule has 1 N–H and O–H groups in total. The lowest BCUT2D eigenvalue weighted by molar-refractivity contribution is -0.158. The number of hydrogen-bond acceptors (Lipinski definition) is 3. The minimum absolute atomic E-state index is 0.197. The summed E-state index contributed by atoms with van der Waals surface area (Å²) < 4.78 is 5.48. The first-order valence-electron chi connectivity index (χ1n) is 5.51. The lowest BCUT2D eigenvalue weighted by atomic mass is 9.93. The maximum absolute atomic E-state index is 11.9. The van der Waals surface area contributed by atoms with Crippen LogP contribution in [0.5, 0.6) is 0 Å². The van der Waals surface area contributed by atoms with Gasteiger partial charge in [0.05, 0.1) is 0 Å². The molecule has 1 aliphatic heterocycles. The third-order valence-electron chi connectivity index (χ3n) is 2.88. The Kier molecular flexibility index (Phi) is 2.72. The van der Waals surface area contributed by atoms with E-state index in [9.17, 15) is 4.79 Å². The van der Waals surface area contributed by atoms with Crippen LogP contribution in [0.25, 0.3) is 0 Å². The van der Waals surface area contributed by atoms with Gasteiger partial charge in [-0.2, -0.15) is 0 Å². The van der Waals surface area contributed by atoms with Gasteiger partial charge < -0.3 is 10.1 Å². The first kappa shape index (κ1) is 11.1. The molecule has 3 nitrogen and oxygen atoms in total. The Bertz CT molecular complexity index is 412. The van der Waals surface area contributed by atoms with Crippen LogP contribution in [0.2, 0.25) is 0 Å². The molecule has 0 bridgehead atoms. The summed E-state index contributed by atoms with van der Waals surface area (Å²) in [5.74, 6) is -0.197. The topological polar surface area (TPSA) is 38.3 Å². The van der Waals surface area contributed by atoms with Crippen molar-refractivity contribution in [3.8, 4) is 0 Å². The molecule has 1 heterocycles. The second-order valence-corrected chi connectivity index (χ2v) is 4.78. The number of likely N-dealkylation sites (N-methyl/N-ethyl adjacent to an activating group) is 1. The van der Waals surface area contributed by atoms with Gasteiger partial charge in [0, 0.05) is 6.42 Å². The van der Waals surface area contributed by atoms with E-state index in [2.05, 4.69) is 11.4 Å². The van der Waals surface area contributed by atoms with Crippen LogP contribution in [-0.2, 0) is 16.0 Å². The van der Waals surface area contributed by atoms with Crippen LogP contribution in [0.4, 0.5) is 0 Å². The Balaban J connectivity index is 2.50. The maximum Gasteiger partial charge on any atom is 0.328 e. The number of hydrogen-bond donors (Lipinski definition) is 1. The number of carbonyl (C=O) groups excluding carboxylic acids is 1. The molecule has 0 aromatic heterocycles. The summed E-state index contributed by atoms with van der Waals surface area (Å²) in [7, 11) is 1.78. The zero-order valence-corrected chi connectivity index (χ0v) is 9.91. The molecule has 16 heavy (non-hydrogen) atoms. The van der Waals surface area contributed by atoms with Crippen LogP contribution in [0.3, 0.4) is 0 Å². The molecular weight excluding hydrogens is 202 g/mol. The number of rotatable bonds is 1. The fraction of sp³-hybridized carbons (Fsp3) is 0.462. The van der Waals surface area contributed by atoms with Crippen molar-refractivity contribution in [1.29, 1.82) is 0 Å². The highest BCUT2D eigenvalue weighted by Crippen LogP contribution is 2.30. The van der Waals surface area contributed by atoms with Gasteiger partial charge >= 0.3 is 5.97 Å². The lowest BCUT2D eigenvalue weighted by Crippen LogP contribution is -2.32. The summed E-state index contributed by atoms with van der Waals surface area (Å²) in [5.41, 5.74) is 1.77. The van der Waals surface area contributed by atoms with E-state index >= 15 is 0 Å². The zero-order valence-electron chi connectivity index (χ0n) is 9.91. The summed E-state index contributed by atoms with van der Waals surface area (Å²) in [6, 6.07) is 7.65. The van der Waals surface area contributed by atoms with E-state index in [1.165, 1.54) is 5.56 Å². The highest BCUT2D eigenvalue weighted by molar-refractivity contribution is 5.79. The number of cyclic esters (lactones) is 1. The predicted molar refractivity (Wildman–Crippen MR) is 62.1 cm³/mol. The minimum Gasteiger partial charge on any atom is -0.458 e. The van der Waals surface area contributed by atoms with Gasteiger partial charge in [-0.1, -0.05) is 24.3 Å². The standard InChI is InChI=1S/C13H17NO2/c1-13(2)8-9-6-4-5-7-10(9)11(14-3)12(15)16-13/h4-7,11,14H,8H2,1-3H3. The summed E-state index contributed by atoms with van der Waals surface area (Å²) >= 11 is 0. The van der Waals surface area contributed by atoms with Gasteiger partial charge in [-0.05, 0) is 32.0 Å². The van der Waals surface area contributed by atoms with Gasteiger partial charge in [0.1, 0.15) is 11.6 Å². The normalized spacial score (nSPS) is 23.2. The summed E-state index contributed by atoms with van der Waals surface area (Å²) in [6.07, 6.45) is 0.757. The molecule has 1 aromatic rings. The van der Waals surface area contributed by atoms with Gasteiger partial charge in [-0.3, -0.25) is 0 Å². The fourth-order valence-electron chi connectivity index (χ4n) is 2.20. The number of benzene rings is 1. The largest absolute Gasteiger partial charge is 0.458 e. The van der Waals surface area contributed by atoms with E-state index in [-0.39, 0.29) is 12.0 Å². The van der Waals surface area contributed by atoms with E-state index < -0.39 is 5.60 Å². The van der Waals surface area contributed by atoms with Crippen molar-refractivity contribution < 1.29 is 9.53 Å². The molecule has 2 rings (SSSR count). The number of nitrogens with one attached hydrogen (secondary N) is 1. The van der Waals surface area contributed by atoms with Gasteiger partial charge in [-0.15, -0.1) is 0 Å². The molecule has 0 saturated carbocycles. The molecule has 86 valence electrons. The second kappa shape index (κ2) is 3.91. The Morgan fingerprint density at radius 1 is 1.38 bits per heavy atom. The number of carbonyl (C=O) groups is 1. The van der Waals surface area contributed by atoms with Crippen LogP contribution < -0.4 is 5.32 Å². The van der Waals surface area contributed by atoms with E-state index in [0.717, 1.165) is 12.0 Å². The summed E-state index contributed by atoms with van der Waals surface area (Å²) in [6.45, 7) is 3.89. The Hall–Kier alpha value is -1.35. The van der Waals surface area contributed by atoms with Gasteiger partial charge in [0.15, 0.2) is 0 Å². The average Bonchev–Trinajstić information content (AvgIpc) is 2.29. The molecule has 0 saturated heterocycles. The van der Waals surface area contributed by atoms with Crippen LogP contribution in [-0.4, -0.2) is 18.6 Å². The van der Waals surface area contributed by atoms with Gasteiger partial charge in [0.25, 0.3) is 0 Å². The average molecular weight is 219 g/mol. The van der Waals surface area contributed by atoms with Crippen molar-refractivity contribution in [2.24, 2.45) is 0 Å².